The molecule has 1 unspecified atom stereocenters. The summed E-state index contributed by atoms with van der Waals surface area (Å²) in [6.07, 6.45) is 95.3. The summed E-state index contributed by atoms with van der Waals surface area (Å²) in [4.78, 5) is 38.0. The number of carbonyl (C=O) groups is 3. The number of hydrogen-bond acceptors (Lipinski definition) is 6. The van der Waals surface area contributed by atoms with E-state index in [2.05, 4.69) is 106 Å². The van der Waals surface area contributed by atoms with Gasteiger partial charge >= 0.3 is 17.9 Å². The predicted molar refractivity (Wildman–Crippen MR) is 362 cm³/mol. The van der Waals surface area contributed by atoms with Crippen LogP contribution in [0.1, 0.15) is 367 Å². The van der Waals surface area contributed by atoms with Crippen LogP contribution >= 0.6 is 0 Å². The van der Waals surface area contributed by atoms with Crippen LogP contribution in [0, 0.1) is 0 Å². The van der Waals surface area contributed by atoms with E-state index in [1.54, 1.807) is 0 Å². The Bertz CT molecular complexity index is 1570. The lowest BCUT2D eigenvalue weighted by Gasteiger charge is -2.18. The highest BCUT2D eigenvalue weighted by molar-refractivity contribution is 5.71. The molecule has 0 saturated heterocycles. The van der Waals surface area contributed by atoms with Crippen LogP contribution in [-0.2, 0) is 28.6 Å². The first kappa shape index (κ1) is 79.6. The van der Waals surface area contributed by atoms with Gasteiger partial charge in [-0.3, -0.25) is 14.4 Å². The summed E-state index contributed by atoms with van der Waals surface area (Å²) in [7, 11) is 0. The monoisotopic (exact) mass is 1160 g/mol. The van der Waals surface area contributed by atoms with Crippen LogP contribution in [0.25, 0.3) is 0 Å². The third-order valence-corrected chi connectivity index (χ3v) is 15.9. The molecular formula is C77H136O6. The first-order chi connectivity index (χ1) is 41.0. The van der Waals surface area contributed by atoms with Crippen molar-refractivity contribution in [2.45, 2.75) is 374 Å². The van der Waals surface area contributed by atoms with Crippen molar-refractivity contribution in [1.82, 2.24) is 0 Å². The van der Waals surface area contributed by atoms with Crippen molar-refractivity contribution in [3.05, 3.63) is 85.1 Å². The van der Waals surface area contributed by atoms with Gasteiger partial charge < -0.3 is 14.2 Å². The summed E-state index contributed by atoms with van der Waals surface area (Å²) < 4.78 is 16.8. The van der Waals surface area contributed by atoms with E-state index in [4.69, 9.17) is 14.2 Å². The number of ether oxygens (including phenoxy) is 3. The molecule has 6 heteroatoms. The third kappa shape index (κ3) is 69.3. The van der Waals surface area contributed by atoms with Crippen molar-refractivity contribution in [3.8, 4) is 0 Å². The molecule has 6 nitrogen and oxygen atoms in total. The topological polar surface area (TPSA) is 78.9 Å². The molecule has 480 valence electrons. The number of unbranched alkanes of at least 4 members (excludes halogenated alkanes) is 41. The Hall–Kier alpha value is -3.41. The fourth-order valence-electron chi connectivity index (χ4n) is 10.5. The van der Waals surface area contributed by atoms with Crippen LogP contribution in [0.3, 0.4) is 0 Å². The molecule has 0 radical (unpaired) electrons. The molecule has 0 saturated carbocycles. The molecule has 0 N–H and O–H groups in total. The quantitative estimate of drug-likeness (QED) is 0.0261. The molecule has 0 fully saturated rings. The first-order valence-corrected chi connectivity index (χ1v) is 36.1. The van der Waals surface area contributed by atoms with E-state index in [0.717, 1.165) is 103 Å². The Labute approximate surface area is 515 Å². The molecule has 0 aliphatic heterocycles. The lowest BCUT2D eigenvalue weighted by atomic mass is 10.0. The van der Waals surface area contributed by atoms with Gasteiger partial charge in [0.05, 0.1) is 0 Å². The van der Waals surface area contributed by atoms with Gasteiger partial charge in [-0.05, 0) is 96.3 Å². The Kier molecular flexibility index (Phi) is 68.2. The van der Waals surface area contributed by atoms with Crippen molar-refractivity contribution in [1.29, 1.82) is 0 Å². The van der Waals surface area contributed by atoms with Gasteiger partial charge in [0.1, 0.15) is 13.2 Å². The van der Waals surface area contributed by atoms with Crippen LogP contribution in [0.15, 0.2) is 85.1 Å². The average molecular weight is 1160 g/mol. The van der Waals surface area contributed by atoms with Gasteiger partial charge in [-0.2, -0.15) is 0 Å². The average Bonchev–Trinajstić information content (AvgIpc) is 3.49. The molecule has 0 aliphatic rings. The standard InChI is InChI=1S/C77H136O6/c1-4-7-10-13-15-17-19-21-23-25-27-29-31-33-35-36-37-38-39-40-42-43-45-47-49-51-53-55-57-59-61-64-67-70-76(79)82-73-74(72-81-75(78)69-66-63-12-9-6-3)83-77(80)71-68-65-62-60-58-56-54-52-50-48-46-44-41-34-32-30-28-26-24-22-20-18-16-14-11-8-5-2/h7,10,15,17,21,23,26-29,33,35,37-38,74H,4-6,8-9,11-14,16,18-20,22,24-25,30-32,34,36,39-73H2,1-3H3/b10-7-,17-15-,23-21-,28-26-,29-27-,35-33-,38-37-. The van der Waals surface area contributed by atoms with E-state index in [1.807, 2.05) is 0 Å². The van der Waals surface area contributed by atoms with Crippen molar-refractivity contribution in [2.24, 2.45) is 0 Å². The second-order valence-electron chi connectivity index (χ2n) is 24.1. The van der Waals surface area contributed by atoms with E-state index >= 15 is 0 Å². The summed E-state index contributed by atoms with van der Waals surface area (Å²) in [6.45, 7) is 6.49. The zero-order valence-corrected chi connectivity index (χ0v) is 55.2. The normalized spacial score (nSPS) is 12.6. The van der Waals surface area contributed by atoms with Crippen molar-refractivity contribution >= 4 is 17.9 Å². The Morgan fingerprint density at radius 1 is 0.253 bits per heavy atom. The van der Waals surface area contributed by atoms with Crippen molar-refractivity contribution in [3.63, 3.8) is 0 Å². The van der Waals surface area contributed by atoms with Crippen LogP contribution in [-0.4, -0.2) is 37.2 Å². The third-order valence-electron chi connectivity index (χ3n) is 15.9. The number of hydrogen-bond donors (Lipinski definition) is 0. The second-order valence-corrected chi connectivity index (χ2v) is 24.1. The first-order valence-electron chi connectivity index (χ1n) is 36.1. The molecule has 0 aromatic carbocycles. The second kappa shape index (κ2) is 71.1. The fraction of sp³-hybridized carbons (Fsp3) is 0.779. The zero-order valence-electron chi connectivity index (χ0n) is 55.2. The maximum absolute atomic E-state index is 12.9. The Morgan fingerprint density at radius 2 is 0.470 bits per heavy atom. The van der Waals surface area contributed by atoms with Crippen molar-refractivity contribution in [2.75, 3.05) is 13.2 Å². The minimum absolute atomic E-state index is 0.0725. The van der Waals surface area contributed by atoms with Gasteiger partial charge in [-0.25, -0.2) is 0 Å². The molecule has 0 bridgehead atoms. The SMILES string of the molecule is CC/C=C\C/C=C\C/C=C\C/C=C\C/C=C\C/C=C\CCCCCCCCCCCCCCCCC(=O)OCC(COC(=O)CCCCCCC)OC(=O)CCCCCCCCCCCCCCCCC/C=C\CCCCCCCCCC. The van der Waals surface area contributed by atoms with E-state index < -0.39 is 6.10 Å². The highest BCUT2D eigenvalue weighted by atomic mass is 16.6. The summed E-state index contributed by atoms with van der Waals surface area (Å²) in [5, 5.41) is 0. The number of allylic oxidation sites excluding steroid dienone is 14. The molecule has 0 aromatic heterocycles. The van der Waals surface area contributed by atoms with E-state index in [9.17, 15) is 14.4 Å². The number of esters is 3. The molecule has 0 spiro atoms. The molecule has 1 atom stereocenters. The van der Waals surface area contributed by atoms with Gasteiger partial charge in [0.25, 0.3) is 0 Å². The summed E-state index contributed by atoms with van der Waals surface area (Å²) in [5.41, 5.74) is 0. The van der Waals surface area contributed by atoms with Crippen LogP contribution in [0.2, 0.25) is 0 Å². The molecule has 0 aromatic rings. The zero-order chi connectivity index (χ0) is 59.9. The lowest BCUT2D eigenvalue weighted by molar-refractivity contribution is -0.167. The molecule has 0 amide bonds. The lowest BCUT2D eigenvalue weighted by Crippen LogP contribution is -2.30. The van der Waals surface area contributed by atoms with Gasteiger partial charge in [-0.15, -0.1) is 0 Å². The Morgan fingerprint density at radius 3 is 0.747 bits per heavy atom. The van der Waals surface area contributed by atoms with Gasteiger partial charge in [0.15, 0.2) is 6.10 Å². The molecular weight excluding hydrogens is 1020 g/mol. The minimum atomic E-state index is -0.772. The fourth-order valence-corrected chi connectivity index (χ4v) is 10.5. The molecule has 0 heterocycles. The molecule has 0 aliphatic carbocycles. The van der Waals surface area contributed by atoms with E-state index in [1.165, 1.54) is 225 Å². The minimum Gasteiger partial charge on any atom is -0.462 e. The van der Waals surface area contributed by atoms with Gasteiger partial charge in [-0.1, -0.05) is 337 Å². The van der Waals surface area contributed by atoms with Gasteiger partial charge in [0, 0.05) is 19.3 Å². The largest absolute Gasteiger partial charge is 0.462 e. The number of carbonyl (C=O) groups excluding carboxylic acids is 3. The summed E-state index contributed by atoms with van der Waals surface area (Å²) >= 11 is 0. The highest BCUT2D eigenvalue weighted by Gasteiger charge is 2.19. The molecule has 83 heavy (non-hydrogen) atoms. The number of rotatable bonds is 66. The van der Waals surface area contributed by atoms with E-state index in [0.29, 0.717) is 19.3 Å². The smallest absolute Gasteiger partial charge is 0.306 e. The van der Waals surface area contributed by atoms with Crippen LogP contribution in [0.5, 0.6) is 0 Å². The highest BCUT2D eigenvalue weighted by Crippen LogP contribution is 2.18. The Balaban J connectivity index is 3.95. The summed E-state index contributed by atoms with van der Waals surface area (Å²) in [6, 6.07) is 0. The van der Waals surface area contributed by atoms with Crippen molar-refractivity contribution < 1.29 is 28.6 Å². The predicted octanol–water partition coefficient (Wildman–Crippen LogP) is 25.0. The molecule has 0 rings (SSSR count). The maximum atomic E-state index is 12.9. The van der Waals surface area contributed by atoms with Gasteiger partial charge in [0.2, 0.25) is 0 Å². The summed E-state index contributed by atoms with van der Waals surface area (Å²) in [5.74, 6) is -0.869. The van der Waals surface area contributed by atoms with E-state index in [-0.39, 0.29) is 31.1 Å². The van der Waals surface area contributed by atoms with Crippen LogP contribution in [0.4, 0.5) is 0 Å². The van der Waals surface area contributed by atoms with Crippen LogP contribution < -0.4 is 0 Å². The maximum Gasteiger partial charge on any atom is 0.306 e.